The van der Waals surface area contributed by atoms with Crippen LogP contribution in [0.1, 0.15) is 44.7 Å². The van der Waals surface area contributed by atoms with Gasteiger partial charge in [-0.15, -0.1) is 0 Å². The minimum Gasteiger partial charge on any atom is -0.372 e. The molecule has 6 heteroatoms. The van der Waals surface area contributed by atoms with Gasteiger partial charge in [0.25, 0.3) is 0 Å². The Labute approximate surface area is 180 Å². The zero-order valence-electron chi connectivity index (χ0n) is 18.6. The van der Waals surface area contributed by atoms with Crippen molar-refractivity contribution in [3.63, 3.8) is 0 Å². The topological polar surface area (TPSA) is 61.8 Å². The number of ether oxygens (including phenoxy) is 1. The summed E-state index contributed by atoms with van der Waals surface area (Å²) in [5.41, 5.74) is 2.42. The van der Waals surface area contributed by atoms with Crippen molar-refractivity contribution in [3.8, 4) is 0 Å². The Balaban J connectivity index is 1.56. The largest absolute Gasteiger partial charge is 0.372 e. The minimum atomic E-state index is 0.229. The number of aliphatic imine (C=N–C) groups is 1. The zero-order valence-corrected chi connectivity index (χ0v) is 18.6. The lowest BCUT2D eigenvalue weighted by molar-refractivity contribution is -0.00545. The number of morpholine rings is 1. The summed E-state index contributed by atoms with van der Waals surface area (Å²) >= 11 is 0. The summed E-state index contributed by atoms with van der Waals surface area (Å²) in [6.45, 7) is 12.5. The second-order valence-corrected chi connectivity index (χ2v) is 8.07. The van der Waals surface area contributed by atoms with Crippen LogP contribution < -0.4 is 15.5 Å². The van der Waals surface area contributed by atoms with E-state index in [1.807, 2.05) is 6.20 Å². The Morgan fingerprint density at radius 1 is 1.13 bits per heavy atom. The molecule has 0 spiro atoms. The fraction of sp³-hybridized carbons (Fsp3) is 0.500. The average Bonchev–Trinajstić information content (AvgIpc) is 2.76. The van der Waals surface area contributed by atoms with Gasteiger partial charge in [-0.3, -0.25) is 0 Å². The molecule has 2 N–H and O–H groups in total. The first-order valence-corrected chi connectivity index (χ1v) is 11.0. The van der Waals surface area contributed by atoms with Gasteiger partial charge in [-0.25, -0.2) is 9.98 Å². The molecule has 0 saturated carbocycles. The number of nitrogens with zero attached hydrogens (tertiary/aromatic N) is 3. The normalized spacial score (nSPS) is 20.7. The van der Waals surface area contributed by atoms with Gasteiger partial charge in [0, 0.05) is 32.4 Å². The quantitative estimate of drug-likeness (QED) is 0.541. The summed E-state index contributed by atoms with van der Waals surface area (Å²) in [4.78, 5) is 11.7. The Kier molecular flexibility index (Phi) is 8.08. The van der Waals surface area contributed by atoms with Crippen molar-refractivity contribution < 1.29 is 4.74 Å². The molecule has 3 atom stereocenters. The lowest BCUT2D eigenvalue weighted by Gasteiger charge is -2.36. The van der Waals surface area contributed by atoms with Gasteiger partial charge < -0.3 is 20.3 Å². The van der Waals surface area contributed by atoms with E-state index in [0.29, 0.717) is 12.5 Å². The van der Waals surface area contributed by atoms with Crippen molar-refractivity contribution >= 4 is 11.8 Å². The molecule has 1 aromatic heterocycles. The number of guanidine groups is 1. The van der Waals surface area contributed by atoms with E-state index in [1.165, 1.54) is 5.56 Å². The van der Waals surface area contributed by atoms with E-state index in [-0.39, 0.29) is 12.2 Å². The van der Waals surface area contributed by atoms with Gasteiger partial charge in [-0.1, -0.05) is 43.3 Å². The predicted molar refractivity (Wildman–Crippen MR) is 124 cm³/mol. The SMILES string of the molecule is CCNC(=NCc1ccc(N2CC(C)OC(C)C2)nc1)NCC(C)c1ccccc1. The number of benzene rings is 1. The van der Waals surface area contributed by atoms with Crippen LogP contribution in [0.2, 0.25) is 0 Å². The monoisotopic (exact) mass is 409 g/mol. The van der Waals surface area contributed by atoms with Gasteiger partial charge in [0.15, 0.2) is 5.96 Å². The molecule has 1 aliphatic rings. The highest BCUT2D eigenvalue weighted by atomic mass is 16.5. The Hall–Kier alpha value is -2.60. The van der Waals surface area contributed by atoms with Crippen molar-refractivity contribution in [2.45, 2.75) is 52.4 Å². The number of nitrogens with one attached hydrogen (secondary N) is 2. The Morgan fingerprint density at radius 3 is 2.50 bits per heavy atom. The minimum absolute atomic E-state index is 0.229. The molecule has 0 amide bonds. The van der Waals surface area contributed by atoms with Gasteiger partial charge in [-0.2, -0.15) is 0 Å². The standard InChI is InChI=1S/C24H35N5O/c1-5-25-24(27-13-18(2)22-9-7-6-8-10-22)28-15-21-11-12-23(26-14-21)29-16-19(3)30-20(4)17-29/h6-12,14,18-20H,5,13,15-17H2,1-4H3,(H2,25,27,28). The van der Waals surface area contributed by atoms with E-state index in [9.17, 15) is 0 Å². The van der Waals surface area contributed by atoms with Crippen LogP contribution in [0.15, 0.2) is 53.7 Å². The number of hydrogen-bond donors (Lipinski definition) is 2. The van der Waals surface area contributed by atoms with E-state index in [2.05, 4.69) is 90.7 Å². The van der Waals surface area contributed by atoms with Crippen LogP contribution in [0.5, 0.6) is 0 Å². The first kappa shape index (κ1) is 22.1. The third-order valence-corrected chi connectivity index (χ3v) is 5.26. The van der Waals surface area contributed by atoms with E-state index < -0.39 is 0 Å². The van der Waals surface area contributed by atoms with E-state index in [0.717, 1.165) is 43.5 Å². The lowest BCUT2D eigenvalue weighted by atomic mass is 10.0. The molecular formula is C24H35N5O. The van der Waals surface area contributed by atoms with Crippen LogP contribution in [0, 0.1) is 0 Å². The van der Waals surface area contributed by atoms with Gasteiger partial charge in [-0.05, 0) is 43.9 Å². The molecule has 0 aliphatic carbocycles. The van der Waals surface area contributed by atoms with E-state index in [1.54, 1.807) is 0 Å². The van der Waals surface area contributed by atoms with Crippen molar-refractivity contribution in [2.75, 3.05) is 31.1 Å². The number of rotatable bonds is 7. The summed E-state index contributed by atoms with van der Waals surface area (Å²) in [6, 6.07) is 14.8. The first-order chi connectivity index (χ1) is 14.5. The van der Waals surface area contributed by atoms with Gasteiger partial charge in [0.2, 0.25) is 0 Å². The van der Waals surface area contributed by atoms with Crippen molar-refractivity contribution in [2.24, 2.45) is 4.99 Å². The molecule has 2 aromatic rings. The Morgan fingerprint density at radius 2 is 1.87 bits per heavy atom. The third-order valence-electron chi connectivity index (χ3n) is 5.26. The van der Waals surface area contributed by atoms with Crippen LogP contribution in [0.3, 0.4) is 0 Å². The number of hydrogen-bond acceptors (Lipinski definition) is 4. The molecule has 0 bridgehead atoms. The molecule has 1 aromatic carbocycles. The fourth-order valence-electron chi connectivity index (χ4n) is 3.72. The highest BCUT2D eigenvalue weighted by Gasteiger charge is 2.22. The molecule has 3 unspecified atom stereocenters. The maximum absolute atomic E-state index is 5.82. The highest BCUT2D eigenvalue weighted by Crippen LogP contribution is 2.18. The molecule has 0 radical (unpaired) electrons. The highest BCUT2D eigenvalue weighted by molar-refractivity contribution is 5.79. The summed E-state index contributed by atoms with van der Waals surface area (Å²) in [7, 11) is 0. The molecule has 1 aliphatic heterocycles. The van der Waals surface area contributed by atoms with Crippen LogP contribution in [0.4, 0.5) is 5.82 Å². The molecule has 30 heavy (non-hydrogen) atoms. The molecule has 6 nitrogen and oxygen atoms in total. The van der Waals surface area contributed by atoms with Crippen LogP contribution >= 0.6 is 0 Å². The van der Waals surface area contributed by atoms with Crippen molar-refractivity contribution in [1.82, 2.24) is 15.6 Å². The maximum Gasteiger partial charge on any atom is 0.191 e. The van der Waals surface area contributed by atoms with Crippen LogP contribution in [0.25, 0.3) is 0 Å². The second-order valence-electron chi connectivity index (χ2n) is 8.07. The van der Waals surface area contributed by atoms with Gasteiger partial charge in [0.05, 0.1) is 18.8 Å². The molecule has 1 saturated heterocycles. The van der Waals surface area contributed by atoms with Gasteiger partial charge >= 0.3 is 0 Å². The second kappa shape index (κ2) is 11.0. The maximum atomic E-state index is 5.82. The molecule has 2 heterocycles. The smallest absolute Gasteiger partial charge is 0.191 e. The summed E-state index contributed by atoms with van der Waals surface area (Å²) in [6.07, 6.45) is 2.39. The Bertz CT molecular complexity index is 783. The van der Waals surface area contributed by atoms with Crippen LogP contribution in [-0.2, 0) is 11.3 Å². The number of anilines is 1. The lowest BCUT2D eigenvalue weighted by Crippen LogP contribution is -2.45. The van der Waals surface area contributed by atoms with Crippen LogP contribution in [-0.4, -0.2) is 49.3 Å². The summed E-state index contributed by atoms with van der Waals surface area (Å²) in [5, 5.41) is 6.79. The predicted octanol–water partition coefficient (Wildman–Crippen LogP) is 3.55. The fourth-order valence-corrected chi connectivity index (χ4v) is 3.72. The van der Waals surface area contributed by atoms with E-state index in [4.69, 9.17) is 9.73 Å². The summed E-state index contributed by atoms with van der Waals surface area (Å²) in [5.74, 6) is 2.25. The van der Waals surface area contributed by atoms with E-state index >= 15 is 0 Å². The molecule has 1 fully saturated rings. The van der Waals surface area contributed by atoms with Gasteiger partial charge in [0.1, 0.15) is 5.82 Å². The van der Waals surface area contributed by atoms with Crippen molar-refractivity contribution in [1.29, 1.82) is 0 Å². The zero-order chi connectivity index (χ0) is 21.3. The van der Waals surface area contributed by atoms with Crippen molar-refractivity contribution in [3.05, 3.63) is 59.8 Å². The number of pyridine rings is 1. The summed E-state index contributed by atoms with van der Waals surface area (Å²) < 4.78 is 5.82. The first-order valence-electron chi connectivity index (χ1n) is 11.0. The molecular weight excluding hydrogens is 374 g/mol. The average molecular weight is 410 g/mol. The third kappa shape index (κ3) is 6.46. The number of aromatic nitrogens is 1. The molecule has 162 valence electrons. The molecule has 3 rings (SSSR count).